The van der Waals surface area contributed by atoms with Gasteiger partial charge in [0.15, 0.2) is 5.13 Å². The van der Waals surface area contributed by atoms with Gasteiger partial charge in [-0.15, -0.1) is 0 Å². The lowest BCUT2D eigenvalue weighted by Crippen LogP contribution is -2.17. The lowest BCUT2D eigenvalue weighted by atomic mass is 10.3. The van der Waals surface area contributed by atoms with E-state index in [2.05, 4.69) is 10.3 Å². The van der Waals surface area contributed by atoms with Gasteiger partial charge in [-0.25, -0.2) is 9.78 Å². The maximum atomic E-state index is 11.4. The van der Waals surface area contributed by atoms with E-state index in [1.54, 1.807) is 19.9 Å². The van der Waals surface area contributed by atoms with Crippen molar-refractivity contribution in [3.05, 3.63) is 18.2 Å². The Labute approximate surface area is 103 Å². The molecule has 0 bridgehead atoms. The number of hydrogen-bond donors (Lipinski definition) is 2. The minimum atomic E-state index is -0.493. The Kier molecular flexibility index (Phi) is 3.14. The first-order valence-corrected chi connectivity index (χ1v) is 6.00. The molecule has 6 heteroatoms. The van der Waals surface area contributed by atoms with Crippen molar-refractivity contribution in [3.8, 4) is 0 Å². The number of nitrogens with two attached hydrogens (primary N) is 1. The van der Waals surface area contributed by atoms with Gasteiger partial charge >= 0.3 is 6.09 Å². The Morgan fingerprint density at radius 3 is 3.00 bits per heavy atom. The molecular weight excluding hydrogens is 238 g/mol. The normalized spacial score (nSPS) is 10.8. The van der Waals surface area contributed by atoms with Gasteiger partial charge in [-0.2, -0.15) is 0 Å². The van der Waals surface area contributed by atoms with E-state index >= 15 is 0 Å². The molecule has 17 heavy (non-hydrogen) atoms. The number of nitrogens with one attached hydrogen (secondary N) is 1. The summed E-state index contributed by atoms with van der Waals surface area (Å²) in [6.45, 7) is 3.58. The molecule has 0 aliphatic rings. The standard InChI is InChI=1S/C11H13N3O2S/c1-6(2)16-11(15)14-10-13-8-4-3-7(12)5-9(8)17-10/h3-6H,12H2,1-2H3,(H,13,14,15). The number of fused-ring (bicyclic) bond motifs is 1. The van der Waals surface area contributed by atoms with E-state index in [-0.39, 0.29) is 6.10 Å². The number of thiazole rings is 1. The van der Waals surface area contributed by atoms with Crippen molar-refractivity contribution in [2.24, 2.45) is 0 Å². The van der Waals surface area contributed by atoms with Crippen LogP contribution in [-0.2, 0) is 4.74 Å². The second-order valence-corrected chi connectivity index (χ2v) is 4.86. The summed E-state index contributed by atoms with van der Waals surface area (Å²) in [6.07, 6.45) is -0.646. The van der Waals surface area contributed by atoms with Crippen LogP contribution in [0.15, 0.2) is 18.2 Å². The minimum absolute atomic E-state index is 0.153. The highest BCUT2D eigenvalue weighted by Gasteiger charge is 2.09. The van der Waals surface area contributed by atoms with Crippen molar-refractivity contribution in [3.63, 3.8) is 0 Å². The number of hydrogen-bond acceptors (Lipinski definition) is 5. The van der Waals surface area contributed by atoms with Crippen LogP contribution in [0.25, 0.3) is 10.2 Å². The molecule has 0 aliphatic heterocycles. The van der Waals surface area contributed by atoms with Gasteiger partial charge < -0.3 is 10.5 Å². The van der Waals surface area contributed by atoms with Gasteiger partial charge in [-0.3, -0.25) is 5.32 Å². The molecular formula is C11H13N3O2S. The highest BCUT2D eigenvalue weighted by atomic mass is 32.1. The fourth-order valence-corrected chi connectivity index (χ4v) is 2.23. The van der Waals surface area contributed by atoms with Gasteiger partial charge in [-0.05, 0) is 32.0 Å². The summed E-state index contributed by atoms with van der Waals surface area (Å²) in [4.78, 5) is 15.6. The van der Waals surface area contributed by atoms with E-state index in [1.165, 1.54) is 11.3 Å². The smallest absolute Gasteiger partial charge is 0.413 e. The topological polar surface area (TPSA) is 77.2 Å². The molecule has 1 aromatic carbocycles. The van der Waals surface area contributed by atoms with Crippen molar-refractivity contribution < 1.29 is 9.53 Å². The van der Waals surface area contributed by atoms with Crippen LogP contribution < -0.4 is 11.1 Å². The molecule has 2 rings (SSSR count). The molecule has 0 atom stereocenters. The van der Waals surface area contributed by atoms with E-state index in [0.717, 1.165) is 10.2 Å². The summed E-state index contributed by atoms with van der Waals surface area (Å²) in [5.41, 5.74) is 7.15. The number of ether oxygens (including phenoxy) is 1. The molecule has 5 nitrogen and oxygen atoms in total. The highest BCUT2D eigenvalue weighted by molar-refractivity contribution is 7.22. The number of nitrogen functional groups attached to an aromatic ring is 1. The number of carbonyl (C=O) groups excluding carboxylic acids is 1. The number of benzene rings is 1. The monoisotopic (exact) mass is 251 g/mol. The van der Waals surface area contributed by atoms with Crippen molar-refractivity contribution in [1.29, 1.82) is 0 Å². The molecule has 0 unspecified atom stereocenters. The number of amides is 1. The third-order valence-electron chi connectivity index (χ3n) is 1.96. The average molecular weight is 251 g/mol. The third kappa shape index (κ3) is 2.85. The summed E-state index contributed by atoms with van der Waals surface area (Å²) in [5, 5.41) is 3.10. The molecule has 0 saturated heterocycles. The van der Waals surface area contributed by atoms with E-state index in [1.807, 2.05) is 12.1 Å². The van der Waals surface area contributed by atoms with Crippen LogP contribution in [0.3, 0.4) is 0 Å². The molecule has 0 aliphatic carbocycles. The molecule has 1 amide bonds. The molecule has 1 aromatic heterocycles. The zero-order valence-electron chi connectivity index (χ0n) is 9.56. The van der Waals surface area contributed by atoms with Gasteiger partial charge in [0.25, 0.3) is 0 Å². The van der Waals surface area contributed by atoms with Crippen LogP contribution in [0.2, 0.25) is 0 Å². The first-order valence-electron chi connectivity index (χ1n) is 5.18. The van der Waals surface area contributed by atoms with Crippen molar-refractivity contribution in [1.82, 2.24) is 4.98 Å². The predicted molar refractivity (Wildman–Crippen MR) is 69.3 cm³/mol. The molecule has 0 spiro atoms. The van der Waals surface area contributed by atoms with Gasteiger partial charge in [0.2, 0.25) is 0 Å². The Balaban J connectivity index is 2.17. The van der Waals surface area contributed by atoms with Gasteiger partial charge in [-0.1, -0.05) is 11.3 Å². The SMILES string of the molecule is CC(C)OC(=O)Nc1nc2ccc(N)cc2s1. The average Bonchev–Trinajstić information content (AvgIpc) is 2.57. The third-order valence-corrected chi connectivity index (χ3v) is 2.90. The summed E-state index contributed by atoms with van der Waals surface area (Å²) >= 11 is 1.36. The van der Waals surface area contributed by atoms with E-state index in [9.17, 15) is 4.79 Å². The molecule has 1 heterocycles. The number of aromatic nitrogens is 1. The first kappa shape index (κ1) is 11.7. The van der Waals surface area contributed by atoms with Crippen LogP contribution in [-0.4, -0.2) is 17.2 Å². The van der Waals surface area contributed by atoms with Crippen LogP contribution in [0, 0.1) is 0 Å². The van der Waals surface area contributed by atoms with Gasteiger partial charge in [0.05, 0.1) is 16.3 Å². The second kappa shape index (κ2) is 4.58. The molecule has 3 N–H and O–H groups in total. The Morgan fingerprint density at radius 1 is 1.53 bits per heavy atom. The number of anilines is 2. The largest absolute Gasteiger partial charge is 0.447 e. The Morgan fingerprint density at radius 2 is 2.29 bits per heavy atom. The number of rotatable bonds is 2. The lowest BCUT2D eigenvalue weighted by Gasteiger charge is -2.06. The fourth-order valence-electron chi connectivity index (χ4n) is 1.33. The second-order valence-electron chi connectivity index (χ2n) is 3.83. The van der Waals surface area contributed by atoms with Crippen LogP contribution >= 0.6 is 11.3 Å². The summed E-state index contributed by atoms with van der Waals surface area (Å²) in [5.74, 6) is 0. The zero-order valence-corrected chi connectivity index (χ0v) is 10.4. The molecule has 0 saturated carbocycles. The molecule has 0 fully saturated rings. The lowest BCUT2D eigenvalue weighted by molar-refractivity contribution is 0.130. The van der Waals surface area contributed by atoms with Crippen molar-refractivity contribution in [2.75, 3.05) is 11.1 Å². The first-order chi connectivity index (χ1) is 8.04. The number of nitrogens with zero attached hydrogens (tertiary/aromatic N) is 1. The summed E-state index contributed by atoms with van der Waals surface area (Å²) in [7, 11) is 0. The maximum absolute atomic E-state index is 11.4. The van der Waals surface area contributed by atoms with E-state index in [4.69, 9.17) is 10.5 Å². The highest BCUT2D eigenvalue weighted by Crippen LogP contribution is 2.27. The minimum Gasteiger partial charge on any atom is -0.447 e. The summed E-state index contributed by atoms with van der Waals surface area (Å²) in [6, 6.07) is 5.42. The van der Waals surface area contributed by atoms with Crippen LogP contribution in [0.4, 0.5) is 15.6 Å². The molecule has 90 valence electrons. The van der Waals surface area contributed by atoms with Crippen molar-refractivity contribution >= 4 is 38.5 Å². The van der Waals surface area contributed by atoms with Gasteiger partial charge in [0.1, 0.15) is 0 Å². The molecule has 2 aromatic rings. The quantitative estimate of drug-likeness (QED) is 0.804. The van der Waals surface area contributed by atoms with Crippen molar-refractivity contribution in [2.45, 2.75) is 20.0 Å². The Bertz CT molecular complexity index is 551. The zero-order chi connectivity index (χ0) is 12.4. The molecule has 0 radical (unpaired) electrons. The van der Waals surface area contributed by atoms with E-state index in [0.29, 0.717) is 10.8 Å². The van der Waals surface area contributed by atoms with Gasteiger partial charge in [0, 0.05) is 5.69 Å². The maximum Gasteiger partial charge on any atom is 0.413 e. The Hall–Kier alpha value is -1.82. The van der Waals surface area contributed by atoms with Crippen LogP contribution in [0.5, 0.6) is 0 Å². The van der Waals surface area contributed by atoms with E-state index < -0.39 is 6.09 Å². The predicted octanol–water partition coefficient (Wildman–Crippen LogP) is 2.84. The fraction of sp³-hybridized carbons (Fsp3) is 0.273. The summed E-state index contributed by atoms with van der Waals surface area (Å²) < 4.78 is 5.90. The number of carbonyl (C=O) groups is 1. The van der Waals surface area contributed by atoms with Crippen LogP contribution in [0.1, 0.15) is 13.8 Å².